The molecule has 1 amide bonds. The normalized spacial score (nSPS) is 20.9. The number of hydrogen-bond donors (Lipinski definition) is 1. The van der Waals surface area contributed by atoms with Gasteiger partial charge < -0.3 is 19.4 Å². The predicted octanol–water partition coefficient (Wildman–Crippen LogP) is 1.34. The number of aromatic nitrogens is 2. The molecular weight excluding hydrogens is 308 g/mol. The van der Waals surface area contributed by atoms with Gasteiger partial charge in [-0.2, -0.15) is 5.10 Å². The summed E-state index contributed by atoms with van der Waals surface area (Å²) >= 11 is 0. The maximum absolute atomic E-state index is 12.5. The summed E-state index contributed by atoms with van der Waals surface area (Å²) in [6, 6.07) is 3.85. The Hall–Kier alpha value is -2.12. The molecule has 1 saturated heterocycles. The van der Waals surface area contributed by atoms with E-state index in [1.807, 2.05) is 36.5 Å². The van der Waals surface area contributed by atoms with E-state index in [-0.39, 0.29) is 17.9 Å². The largest absolute Gasteiger partial charge is 0.468 e. The first-order valence-electron chi connectivity index (χ1n) is 8.19. The van der Waals surface area contributed by atoms with Crippen molar-refractivity contribution in [2.75, 3.05) is 26.8 Å². The number of carbonyl (C=O) groups excluding carboxylic acids is 1. The molecule has 2 aromatic rings. The van der Waals surface area contributed by atoms with Crippen molar-refractivity contribution in [1.82, 2.24) is 20.0 Å². The molecular formula is C17H24N4O3. The van der Waals surface area contributed by atoms with Gasteiger partial charge in [0.1, 0.15) is 5.76 Å². The maximum Gasteiger partial charge on any atom is 0.223 e. The first-order chi connectivity index (χ1) is 11.7. The van der Waals surface area contributed by atoms with Gasteiger partial charge in [0, 0.05) is 51.3 Å². The van der Waals surface area contributed by atoms with Crippen molar-refractivity contribution >= 4 is 5.91 Å². The molecule has 1 fully saturated rings. The number of aryl methyl sites for hydroxylation is 1. The minimum atomic E-state index is 0.0328. The average molecular weight is 332 g/mol. The van der Waals surface area contributed by atoms with Crippen molar-refractivity contribution in [2.45, 2.75) is 19.0 Å². The highest BCUT2D eigenvalue weighted by molar-refractivity contribution is 5.79. The summed E-state index contributed by atoms with van der Waals surface area (Å²) in [7, 11) is 3.55. The van der Waals surface area contributed by atoms with Crippen LogP contribution in [0.4, 0.5) is 0 Å². The molecule has 0 aliphatic carbocycles. The van der Waals surface area contributed by atoms with Gasteiger partial charge in [0.2, 0.25) is 5.91 Å². The minimum Gasteiger partial charge on any atom is -0.468 e. The third-order valence-corrected chi connectivity index (χ3v) is 4.43. The van der Waals surface area contributed by atoms with Crippen LogP contribution in [0.15, 0.2) is 35.2 Å². The molecule has 1 aliphatic heterocycles. The number of rotatable bonds is 8. The Morgan fingerprint density at radius 2 is 2.38 bits per heavy atom. The Bertz CT molecular complexity index is 653. The molecule has 3 heterocycles. The Morgan fingerprint density at radius 1 is 1.50 bits per heavy atom. The lowest BCUT2D eigenvalue weighted by molar-refractivity contribution is -0.129. The smallest absolute Gasteiger partial charge is 0.223 e. The molecule has 0 bridgehead atoms. The monoisotopic (exact) mass is 332 g/mol. The lowest BCUT2D eigenvalue weighted by atomic mass is 9.95. The van der Waals surface area contributed by atoms with E-state index in [1.54, 1.807) is 18.1 Å². The molecule has 1 aliphatic rings. The maximum atomic E-state index is 12.5. The molecule has 2 atom stereocenters. The summed E-state index contributed by atoms with van der Waals surface area (Å²) < 4.78 is 12.3. The molecule has 7 nitrogen and oxygen atoms in total. The van der Waals surface area contributed by atoms with Crippen LogP contribution >= 0.6 is 0 Å². The number of carbonyl (C=O) groups is 1. The van der Waals surface area contributed by atoms with Crippen LogP contribution in [0.1, 0.15) is 23.8 Å². The van der Waals surface area contributed by atoms with Gasteiger partial charge in [-0.25, -0.2) is 0 Å². The fourth-order valence-electron chi connectivity index (χ4n) is 3.34. The fourth-order valence-corrected chi connectivity index (χ4v) is 3.34. The van der Waals surface area contributed by atoms with E-state index < -0.39 is 0 Å². The molecule has 2 aromatic heterocycles. The third-order valence-electron chi connectivity index (χ3n) is 4.43. The number of nitrogens with one attached hydrogen (secondary N) is 1. The van der Waals surface area contributed by atoms with E-state index >= 15 is 0 Å². The zero-order valence-corrected chi connectivity index (χ0v) is 14.1. The van der Waals surface area contributed by atoms with Crippen molar-refractivity contribution in [3.8, 4) is 0 Å². The van der Waals surface area contributed by atoms with Gasteiger partial charge in [-0.1, -0.05) is 0 Å². The Balaban J connectivity index is 1.69. The second kappa shape index (κ2) is 7.63. The highest BCUT2D eigenvalue weighted by Crippen LogP contribution is 2.37. The van der Waals surface area contributed by atoms with Crippen LogP contribution in [0, 0.1) is 5.92 Å². The Labute approximate surface area is 141 Å². The van der Waals surface area contributed by atoms with Crippen LogP contribution in [-0.2, 0) is 23.1 Å². The summed E-state index contributed by atoms with van der Waals surface area (Å²) in [4.78, 5) is 14.4. The number of amides is 1. The molecule has 0 unspecified atom stereocenters. The lowest BCUT2D eigenvalue weighted by Gasteiger charge is -2.27. The molecule has 0 radical (unpaired) electrons. The number of ether oxygens (including phenoxy) is 1. The topological polar surface area (TPSA) is 72.5 Å². The highest BCUT2D eigenvalue weighted by Gasteiger charge is 2.40. The first-order valence-corrected chi connectivity index (χ1v) is 8.19. The van der Waals surface area contributed by atoms with Crippen LogP contribution in [0.25, 0.3) is 0 Å². The molecule has 0 spiro atoms. The van der Waals surface area contributed by atoms with Gasteiger partial charge in [0.25, 0.3) is 0 Å². The van der Waals surface area contributed by atoms with Crippen molar-refractivity contribution in [3.05, 3.63) is 42.1 Å². The quantitative estimate of drug-likeness (QED) is 0.790. The molecule has 7 heteroatoms. The van der Waals surface area contributed by atoms with Crippen molar-refractivity contribution in [2.24, 2.45) is 13.0 Å². The SMILES string of the molecule is COCCN1C(=O)C[C@@H](CNCc2ccco2)[C@@H]1c1cnn(C)c1. The van der Waals surface area contributed by atoms with Crippen molar-refractivity contribution in [3.63, 3.8) is 0 Å². The third kappa shape index (κ3) is 3.68. The first kappa shape index (κ1) is 16.7. The number of nitrogens with zero attached hydrogens (tertiary/aromatic N) is 3. The highest BCUT2D eigenvalue weighted by atomic mass is 16.5. The predicted molar refractivity (Wildman–Crippen MR) is 88.1 cm³/mol. The summed E-state index contributed by atoms with van der Waals surface area (Å²) in [6.07, 6.45) is 6.04. The van der Waals surface area contributed by atoms with E-state index in [9.17, 15) is 4.79 Å². The standard InChI is InChI=1S/C17H24N4O3/c1-20-12-14(10-19-20)17-13(8-16(22)21(17)5-7-23-2)9-18-11-15-4-3-6-24-15/h3-4,6,10,12-13,17-18H,5,7-9,11H2,1-2H3/t13-,17+/m0/s1. The van der Waals surface area contributed by atoms with E-state index in [1.165, 1.54) is 0 Å². The van der Waals surface area contributed by atoms with Gasteiger partial charge in [0.15, 0.2) is 0 Å². The van der Waals surface area contributed by atoms with Gasteiger partial charge in [-0.3, -0.25) is 9.48 Å². The van der Waals surface area contributed by atoms with Gasteiger partial charge in [-0.15, -0.1) is 0 Å². The zero-order chi connectivity index (χ0) is 16.9. The fraction of sp³-hybridized carbons (Fsp3) is 0.529. The second-order valence-electron chi connectivity index (χ2n) is 6.15. The van der Waals surface area contributed by atoms with E-state index in [0.29, 0.717) is 26.1 Å². The van der Waals surface area contributed by atoms with Crippen LogP contribution in [0.5, 0.6) is 0 Å². The Kier molecular flexibility index (Phi) is 5.32. The number of likely N-dealkylation sites (tertiary alicyclic amines) is 1. The van der Waals surface area contributed by atoms with Crippen LogP contribution < -0.4 is 5.32 Å². The van der Waals surface area contributed by atoms with Gasteiger partial charge in [-0.05, 0) is 12.1 Å². The van der Waals surface area contributed by atoms with Gasteiger partial charge in [0.05, 0.1) is 31.7 Å². The number of furan rings is 1. The minimum absolute atomic E-state index is 0.0328. The van der Waals surface area contributed by atoms with Crippen molar-refractivity contribution in [1.29, 1.82) is 0 Å². The summed E-state index contributed by atoms with van der Waals surface area (Å²) in [5.74, 6) is 1.27. The van der Waals surface area contributed by atoms with Crippen LogP contribution in [0.2, 0.25) is 0 Å². The molecule has 0 aromatic carbocycles. The molecule has 3 rings (SSSR count). The molecule has 130 valence electrons. The summed E-state index contributed by atoms with van der Waals surface area (Å²) in [5, 5.41) is 7.67. The molecule has 1 N–H and O–H groups in total. The van der Waals surface area contributed by atoms with Crippen LogP contribution in [-0.4, -0.2) is 47.4 Å². The van der Waals surface area contributed by atoms with E-state index in [0.717, 1.165) is 17.9 Å². The van der Waals surface area contributed by atoms with Gasteiger partial charge >= 0.3 is 0 Å². The second-order valence-corrected chi connectivity index (χ2v) is 6.15. The van der Waals surface area contributed by atoms with E-state index in [2.05, 4.69) is 10.4 Å². The van der Waals surface area contributed by atoms with E-state index in [4.69, 9.17) is 9.15 Å². The molecule has 0 saturated carbocycles. The summed E-state index contributed by atoms with van der Waals surface area (Å²) in [6.45, 7) is 2.55. The lowest BCUT2D eigenvalue weighted by Crippen LogP contribution is -2.33. The summed E-state index contributed by atoms with van der Waals surface area (Å²) in [5.41, 5.74) is 1.07. The van der Waals surface area contributed by atoms with Crippen LogP contribution in [0.3, 0.4) is 0 Å². The average Bonchev–Trinajstić information content (AvgIpc) is 3.27. The number of hydrogen-bond acceptors (Lipinski definition) is 5. The zero-order valence-electron chi connectivity index (χ0n) is 14.1. The molecule has 24 heavy (non-hydrogen) atoms. The Morgan fingerprint density at radius 3 is 3.04 bits per heavy atom. The number of methoxy groups -OCH3 is 1. The van der Waals surface area contributed by atoms with Crippen molar-refractivity contribution < 1.29 is 13.9 Å².